The normalized spacial score (nSPS) is 11.1. The summed E-state index contributed by atoms with van der Waals surface area (Å²) in [5, 5.41) is 8.46. The van der Waals surface area contributed by atoms with Crippen molar-refractivity contribution in [2.45, 2.75) is 26.3 Å². The summed E-state index contributed by atoms with van der Waals surface area (Å²) in [6.45, 7) is 2.65. The third-order valence-corrected chi connectivity index (χ3v) is 2.94. The molecule has 0 amide bonds. The zero-order valence-electron chi connectivity index (χ0n) is 11.3. The molecule has 0 bridgehead atoms. The SMILES string of the molecule is CCCn1c(=O)oc2cc(CCOCC(=O)O)ccc21. The maximum absolute atomic E-state index is 11.7. The Labute approximate surface area is 115 Å². The minimum Gasteiger partial charge on any atom is -0.480 e. The molecule has 0 unspecified atom stereocenters. The topological polar surface area (TPSA) is 81.7 Å². The van der Waals surface area contributed by atoms with Crippen LogP contribution in [0, 0.1) is 0 Å². The second-order valence-electron chi connectivity index (χ2n) is 4.52. The number of aliphatic carboxylic acids is 1. The van der Waals surface area contributed by atoms with Crippen molar-refractivity contribution in [1.82, 2.24) is 4.57 Å². The van der Waals surface area contributed by atoms with Crippen LogP contribution >= 0.6 is 0 Å². The maximum atomic E-state index is 11.7. The Balaban J connectivity index is 2.10. The van der Waals surface area contributed by atoms with Crippen molar-refractivity contribution in [2.75, 3.05) is 13.2 Å². The lowest BCUT2D eigenvalue weighted by Crippen LogP contribution is -2.13. The average molecular weight is 279 g/mol. The summed E-state index contributed by atoms with van der Waals surface area (Å²) in [5.74, 6) is -1.33. The highest BCUT2D eigenvalue weighted by atomic mass is 16.5. The number of aryl methyl sites for hydroxylation is 1. The molecular formula is C14H17NO5. The van der Waals surface area contributed by atoms with E-state index in [1.165, 1.54) is 0 Å². The lowest BCUT2D eigenvalue weighted by Gasteiger charge is -2.03. The number of carbonyl (C=O) groups is 1. The van der Waals surface area contributed by atoms with E-state index in [1.807, 2.05) is 19.1 Å². The van der Waals surface area contributed by atoms with Crippen LogP contribution in [0.25, 0.3) is 11.1 Å². The largest absolute Gasteiger partial charge is 0.480 e. The first kappa shape index (κ1) is 14.3. The van der Waals surface area contributed by atoms with Crippen LogP contribution < -0.4 is 5.76 Å². The fourth-order valence-electron chi connectivity index (χ4n) is 2.05. The molecule has 0 aliphatic rings. The van der Waals surface area contributed by atoms with E-state index in [-0.39, 0.29) is 12.4 Å². The van der Waals surface area contributed by atoms with E-state index in [2.05, 4.69) is 0 Å². The fraction of sp³-hybridized carbons (Fsp3) is 0.429. The zero-order chi connectivity index (χ0) is 14.5. The second kappa shape index (κ2) is 6.38. The minimum atomic E-state index is -0.983. The highest BCUT2D eigenvalue weighted by molar-refractivity contribution is 5.73. The van der Waals surface area contributed by atoms with Crippen LogP contribution in [0.1, 0.15) is 18.9 Å². The quantitative estimate of drug-likeness (QED) is 0.779. The molecule has 0 spiro atoms. The first-order valence-corrected chi connectivity index (χ1v) is 6.53. The molecule has 20 heavy (non-hydrogen) atoms. The number of benzene rings is 1. The van der Waals surface area contributed by atoms with E-state index < -0.39 is 5.97 Å². The molecule has 1 aromatic heterocycles. The highest BCUT2D eigenvalue weighted by Crippen LogP contribution is 2.16. The van der Waals surface area contributed by atoms with Crippen molar-refractivity contribution < 1.29 is 19.1 Å². The fourth-order valence-corrected chi connectivity index (χ4v) is 2.05. The molecule has 0 saturated carbocycles. The molecule has 108 valence electrons. The monoisotopic (exact) mass is 279 g/mol. The van der Waals surface area contributed by atoms with Crippen LogP contribution in [-0.4, -0.2) is 28.9 Å². The van der Waals surface area contributed by atoms with Gasteiger partial charge in [0.1, 0.15) is 6.61 Å². The summed E-state index contributed by atoms with van der Waals surface area (Å²) in [6.07, 6.45) is 1.44. The molecule has 0 radical (unpaired) electrons. The van der Waals surface area contributed by atoms with E-state index in [0.717, 1.165) is 17.5 Å². The van der Waals surface area contributed by atoms with Gasteiger partial charge in [0.25, 0.3) is 0 Å². The smallest absolute Gasteiger partial charge is 0.419 e. The molecule has 0 atom stereocenters. The van der Waals surface area contributed by atoms with Gasteiger partial charge in [0.05, 0.1) is 12.1 Å². The minimum absolute atomic E-state index is 0.301. The van der Waals surface area contributed by atoms with Gasteiger partial charge in [-0.25, -0.2) is 9.59 Å². The van der Waals surface area contributed by atoms with Crippen molar-refractivity contribution in [3.05, 3.63) is 34.3 Å². The average Bonchev–Trinajstić information content (AvgIpc) is 2.71. The van der Waals surface area contributed by atoms with E-state index in [9.17, 15) is 9.59 Å². The van der Waals surface area contributed by atoms with E-state index in [1.54, 1.807) is 10.6 Å². The van der Waals surface area contributed by atoms with Gasteiger partial charge in [0.2, 0.25) is 0 Å². The van der Waals surface area contributed by atoms with Gasteiger partial charge in [-0.3, -0.25) is 4.57 Å². The number of fused-ring (bicyclic) bond motifs is 1. The zero-order valence-corrected chi connectivity index (χ0v) is 11.3. The van der Waals surface area contributed by atoms with Crippen LogP contribution in [0.5, 0.6) is 0 Å². The number of carboxylic acids is 1. The third kappa shape index (κ3) is 3.27. The molecule has 0 saturated heterocycles. The number of carboxylic acid groups (broad SMARTS) is 1. The van der Waals surface area contributed by atoms with Crippen molar-refractivity contribution in [3.63, 3.8) is 0 Å². The summed E-state index contributed by atoms with van der Waals surface area (Å²) >= 11 is 0. The number of hydrogen-bond acceptors (Lipinski definition) is 4. The summed E-state index contributed by atoms with van der Waals surface area (Å²) in [4.78, 5) is 22.0. The van der Waals surface area contributed by atoms with Gasteiger partial charge in [-0.15, -0.1) is 0 Å². The summed E-state index contributed by atoms with van der Waals surface area (Å²) in [7, 11) is 0. The summed E-state index contributed by atoms with van der Waals surface area (Å²) < 4.78 is 11.8. The third-order valence-electron chi connectivity index (χ3n) is 2.94. The van der Waals surface area contributed by atoms with Gasteiger partial charge >= 0.3 is 11.7 Å². The second-order valence-corrected chi connectivity index (χ2v) is 4.52. The van der Waals surface area contributed by atoms with Crippen molar-refractivity contribution in [1.29, 1.82) is 0 Å². The Morgan fingerprint density at radius 1 is 1.45 bits per heavy atom. The Kier molecular flexibility index (Phi) is 4.57. The molecule has 6 heteroatoms. The summed E-state index contributed by atoms with van der Waals surface area (Å²) in [6, 6.07) is 5.54. The molecule has 6 nitrogen and oxygen atoms in total. The molecule has 1 N–H and O–H groups in total. The van der Waals surface area contributed by atoms with Crippen LogP contribution in [-0.2, 0) is 22.5 Å². The van der Waals surface area contributed by atoms with Crippen molar-refractivity contribution in [2.24, 2.45) is 0 Å². The number of ether oxygens (including phenoxy) is 1. The predicted octanol–water partition coefficient (Wildman–Crippen LogP) is 1.65. The number of nitrogens with zero attached hydrogens (tertiary/aromatic N) is 1. The summed E-state index contributed by atoms with van der Waals surface area (Å²) in [5.41, 5.74) is 2.28. The Morgan fingerprint density at radius 2 is 2.25 bits per heavy atom. The number of oxazole rings is 1. The van der Waals surface area contributed by atoms with Crippen molar-refractivity contribution >= 4 is 17.1 Å². The first-order chi connectivity index (χ1) is 9.61. The molecule has 0 fully saturated rings. The number of hydrogen-bond donors (Lipinski definition) is 1. The first-order valence-electron chi connectivity index (χ1n) is 6.53. The molecule has 2 aromatic rings. The van der Waals surface area contributed by atoms with Gasteiger partial charge in [-0.2, -0.15) is 0 Å². The highest BCUT2D eigenvalue weighted by Gasteiger charge is 2.09. The predicted molar refractivity (Wildman–Crippen MR) is 72.9 cm³/mol. The molecular weight excluding hydrogens is 262 g/mol. The van der Waals surface area contributed by atoms with Gasteiger partial charge in [0, 0.05) is 6.54 Å². The van der Waals surface area contributed by atoms with Crippen LogP contribution in [0.4, 0.5) is 0 Å². The lowest BCUT2D eigenvalue weighted by molar-refractivity contribution is -0.142. The standard InChI is InChI=1S/C14H17NO5/c1-2-6-15-11-4-3-10(5-7-19-9-13(16)17)8-12(11)20-14(15)18/h3-4,8H,2,5-7,9H2,1H3,(H,16,17). The molecule has 2 rings (SSSR count). The van der Waals surface area contributed by atoms with E-state index in [4.69, 9.17) is 14.3 Å². The van der Waals surface area contributed by atoms with Crippen LogP contribution in [0.2, 0.25) is 0 Å². The van der Waals surface area contributed by atoms with E-state index >= 15 is 0 Å². The van der Waals surface area contributed by atoms with Gasteiger partial charge in [0.15, 0.2) is 5.58 Å². The van der Waals surface area contributed by atoms with Gasteiger partial charge < -0.3 is 14.3 Å². The van der Waals surface area contributed by atoms with Gasteiger partial charge in [-0.05, 0) is 30.5 Å². The van der Waals surface area contributed by atoms with Gasteiger partial charge in [-0.1, -0.05) is 13.0 Å². The number of aromatic nitrogens is 1. The molecule has 0 aliphatic carbocycles. The Hall–Kier alpha value is -2.08. The van der Waals surface area contributed by atoms with Crippen LogP contribution in [0.15, 0.2) is 27.4 Å². The Morgan fingerprint density at radius 3 is 2.95 bits per heavy atom. The molecule has 1 aromatic carbocycles. The Bertz CT molecular complexity index is 655. The lowest BCUT2D eigenvalue weighted by atomic mass is 10.1. The van der Waals surface area contributed by atoms with Crippen molar-refractivity contribution in [3.8, 4) is 0 Å². The maximum Gasteiger partial charge on any atom is 0.419 e. The number of rotatable bonds is 7. The van der Waals surface area contributed by atoms with Crippen LogP contribution in [0.3, 0.4) is 0 Å². The molecule has 0 aliphatic heterocycles. The molecule has 1 heterocycles. The van der Waals surface area contributed by atoms with E-state index in [0.29, 0.717) is 25.2 Å².